The number of hydrogen-bond donors (Lipinski definition) is 1. The first-order valence-electron chi connectivity index (χ1n) is 8.38. The lowest BCUT2D eigenvalue weighted by Gasteiger charge is -2.30. The highest BCUT2D eigenvalue weighted by Gasteiger charge is 2.20. The van der Waals surface area contributed by atoms with Crippen molar-refractivity contribution in [2.45, 2.75) is 57.9 Å². The second-order valence-corrected chi connectivity index (χ2v) is 6.13. The lowest BCUT2D eigenvalue weighted by atomic mass is 10.0. The van der Waals surface area contributed by atoms with Gasteiger partial charge in [0.15, 0.2) is 0 Å². The molecule has 0 bridgehead atoms. The summed E-state index contributed by atoms with van der Waals surface area (Å²) in [5.41, 5.74) is 0. The molecule has 0 aliphatic carbocycles. The Bertz CT molecular complexity index is 352. The molecule has 1 unspecified atom stereocenters. The molecule has 2 nitrogen and oxygen atoms in total. The van der Waals surface area contributed by atoms with Crippen LogP contribution in [0.15, 0.2) is 30.3 Å². The summed E-state index contributed by atoms with van der Waals surface area (Å²) in [6, 6.07) is 11.0. The fraction of sp³-hybridized carbons (Fsp3) is 0.667. The van der Waals surface area contributed by atoms with Crippen LogP contribution in [-0.4, -0.2) is 25.7 Å². The van der Waals surface area contributed by atoms with Crippen molar-refractivity contribution in [2.24, 2.45) is 0 Å². The molecule has 1 aliphatic heterocycles. The van der Waals surface area contributed by atoms with Gasteiger partial charge in [0.2, 0.25) is 0 Å². The van der Waals surface area contributed by atoms with Crippen molar-refractivity contribution < 1.29 is 9.64 Å². The third-order valence-electron chi connectivity index (χ3n) is 4.49. The van der Waals surface area contributed by atoms with Gasteiger partial charge in [-0.05, 0) is 64.0 Å². The van der Waals surface area contributed by atoms with E-state index in [1.54, 1.807) is 0 Å². The summed E-state index contributed by atoms with van der Waals surface area (Å²) in [7, 11) is 0. The maximum Gasteiger partial charge on any atom is 0.119 e. The number of para-hydroxylation sites is 1. The molecule has 112 valence electrons. The molecule has 1 N–H and O–H groups in total. The minimum Gasteiger partial charge on any atom is -0.494 e. The second-order valence-electron chi connectivity index (χ2n) is 6.13. The van der Waals surface area contributed by atoms with E-state index in [2.05, 4.69) is 6.92 Å². The molecule has 0 aromatic heterocycles. The number of benzene rings is 1. The summed E-state index contributed by atoms with van der Waals surface area (Å²) in [6.07, 6.45) is 9.53. The summed E-state index contributed by atoms with van der Waals surface area (Å²) in [5.74, 6) is 0.999. The third-order valence-corrected chi connectivity index (χ3v) is 4.49. The highest BCUT2D eigenvalue weighted by atomic mass is 16.5. The van der Waals surface area contributed by atoms with E-state index >= 15 is 0 Å². The average Bonchev–Trinajstić information content (AvgIpc) is 2.49. The second kappa shape index (κ2) is 9.02. The van der Waals surface area contributed by atoms with Gasteiger partial charge in [-0.1, -0.05) is 18.2 Å². The van der Waals surface area contributed by atoms with Gasteiger partial charge in [-0.25, -0.2) is 0 Å². The predicted octanol–water partition coefficient (Wildman–Crippen LogP) is 3.08. The van der Waals surface area contributed by atoms with Gasteiger partial charge in [-0.2, -0.15) is 0 Å². The fourth-order valence-corrected chi connectivity index (χ4v) is 3.14. The molecule has 2 heteroatoms. The van der Waals surface area contributed by atoms with Crippen LogP contribution in [0.2, 0.25) is 0 Å². The van der Waals surface area contributed by atoms with E-state index in [4.69, 9.17) is 4.74 Å². The number of piperidine rings is 1. The SMILES string of the molecule is C[C@@H]1CCCC[NH+]1CCCCCCOc1ccccc1. The number of likely N-dealkylation sites (tertiary alicyclic amines) is 1. The zero-order valence-electron chi connectivity index (χ0n) is 12.9. The molecule has 0 amide bonds. The lowest BCUT2D eigenvalue weighted by molar-refractivity contribution is -0.928. The average molecular weight is 276 g/mol. The molecule has 1 saturated heterocycles. The van der Waals surface area contributed by atoms with E-state index in [9.17, 15) is 0 Å². The van der Waals surface area contributed by atoms with Crippen LogP contribution in [0, 0.1) is 0 Å². The topological polar surface area (TPSA) is 13.7 Å². The molecular formula is C18H30NO+. The van der Waals surface area contributed by atoms with Crippen molar-refractivity contribution in [3.05, 3.63) is 30.3 Å². The molecule has 0 spiro atoms. The van der Waals surface area contributed by atoms with E-state index in [0.29, 0.717) is 0 Å². The lowest BCUT2D eigenvalue weighted by Crippen LogP contribution is -3.16. The Morgan fingerprint density at radius 2 is 1.85 bits per heavy atom. The summed E-state index contributed by atoms with van der Waals surface area (Å²) in [4.78, 5) is 1.84. The number of nitrogens with one attached hydrogen (secondary N) is 1. The van der Waals surface area contributed by atoms with Crippen LogP contribution < -0.4 is 9.64 Å². The van der Waals surface area contributed by atoms with Gasteiger partial charge in [0, 0.05) is 0 Å². The van der Waals surface area contributed by atoms with Gasteiger partial charge < -0.3 is 9.64 Å². The van der Waals surface area contributed by atoms with Crippen molar-refractivity contribution in [2.75, 3.05) is 19.7 Å². The Balaban J connectivity index is 1.45. The fourth-order valence-electron chi connectivity index (χ4n) is 3.14. The predicted molar refractivity (Wildman–Crippen MR) is 84.4 cm³/mol. The Labute approximate surface area is 124 Å². The van der Waals surface area contributed by atoms with E-state index in [-0.39, 0.29) is 0 Å². The smallest absolute Gasteiger partial charge is 0.119 e. The first-order chi connectivity index (χ1) is 9.86. The molecule has 1 aromatic carbocycles. The Morgan fingerprint density at radius 3 is 2.65 bits per heavy atom. The first-order valence-corrected chi connectivity index (χ1v) is 8.38. The van der Waals surface area contributed by atoms with Crippen molar-refractivity contribution >= 4 is 0 Å². The highest BCUT2D eigenvalue weighted by molar-refractivity contribution is 5.20. The number of quaternary nitrogens is 1. The van der Waals surface area contributed by atoms with Gasteiger partial charge in [-0.3, -0.25) is 0 Å². The number of hydrogen-bond acceptors (Lipinski definition) is 1. The van der Waals surface area contributed by atoms with Crippen molar-refractivity contribution in [1.82, 2.24) is 0 Å². The zero-order valence-corrected chi connectivity index (χ0v) is 12.9. The van der Waals surface area contributed by atoms with E-state index in [1.807, 2.05) is 35.2 Å². The van der Waals surface area contributed by atoms with E-state index in [1.165, 1.54) is 58.0 Å². The largest absolute Gasteiger partial charge is 0.494 e. The quantitative estimate of drug-likeness (QED) is 0.720. The molecule has 2 atom stereocenters. The first kappa shape index (κ1) is 15.4. The summed E-state index contributed by atoms with van der Waals surface area (Å²) in [5, 5.41) is 0. The summed E-state index contributed by atoms with van der Waals surface area (Å²) < 4.78 is 5.71. The van der Waals surface area contributed by atoms with E-state index in [0.717, 1.165) is 18.4 Å². The molecule has 1 fully saturated rings. The maximum absolute atomic E-state index is 5.71. The van der Waals surface area contributed by atoms with E-state index < -0.39 is 0 Å². The molecule has 1 aliphatic rings. The molecule has 20 heavy (non-hydrogen) atoms. The summed E-state index contributed by atoms with van der Waals surface area (Å²) in [6.45, 7) is 6.05. The van der Waals surface area contributed by atoms with Crippen LogP contribution in [0.5, 0.6) is 5.75 Å². The monoisotopic (exact) mass is 276 g/mol. The number of unbranched alkanes of at least 4 members (excludes halogenated alkanes) is 3. The Morgan fingerprint density at radius 1 is 1.05 bits per heavy atom. The van der Waals surface area contributed by atoms with Gasteiger partial charge in [0.1, 0.15) is 5.75 Å². The Kier molecular flexibility index (Phi) is 6.93. The van der Waals surface area contributed by atoms with Gasteiger partial charge in [0.05, 0.1) is 25.7 Å². The van der Waals surface area contributed by atoms with Crippen LogP contribution >= 0.6 is 0 Å². The molecule has 1 aromatic rings. The summed E-state index contributed by atoms with van der Waals surface area (Å²) >= 11 is 0. The minimum absolute atomic E-state index is 0.858. The van der Waals surface area contributed by atoms with Crippen LogP contribution in [0.25, 0.3) is 0 Å². The maximum atomic E-state index is 5.71. The van der Waals surface area contributed by atoms with Gasteiger partial charge in [0.25, 0.3) is 0 Å². The van der Waals surface area contributed by atoms with Crippen LogP contribution in [0.4, 0.5) is 0 Å². The molecule has 0 radical (unpaired) electrons. The normalized spacial score (nSPS) is 22.6. The van der Waals surface area contributed by atoms with Crippen LogP contribution in [-0.2, 0) is 0 Å². The Hall–Kier alpha value is -1.02. The molecular weight excluding hydrogens is 246 g/mol. The van der Waals surface area contributed by atoms with Gasteiger partial charge >= 0.3 is 0 Å². The number of ether oxygens (including phenoxy) is 1. The van der Waals surface area contributed by atoms with Crippen LogP contribution in [0.3, 0.4) is 0 Å². The molecule has 0 saturated carbocycles. The third kappa shape index (κ3) is 5.54. The van der Waals surface area contributed by atoms with Crippen molar-refractivity contribution in [3.63, 3.8) is 0 Å². The van der Waals surface area contributed by atoms with Crippen molar-refractivity contribution in [1.29, 1.82) is 0 Å². The zero-order chi connectivity index (χ0) is 14.0. The van der Waals surface area contributed by atoms with Crippen molar-refractivity contribution in [3.8, 4) is 5.75 Å². The highest BCUT2D eigenvalue weighted by Crippen LogP contribution is 2.09. The van der Waals surface area contributed by atoms with Crippen LogP contribution in [0.1, 0.15) is 51.9 Å². The van der Waals surface area contributed by atoms with Gasteiger partial charge in [-0.15, -0.1) is 0 Å². The minimum atomic E-state index is 0.858. The molecule has 1 heterocycles. The standard InChI is InChI=1S/C18H29NO/c1-17-11-7-9-15-19(17)14-8-2-3-10-16-20-18-12-5-4-6-13-18/h4-6,12-13,17H,2-3,7-11,14-16H2,1H3/p+1/t17-/m1/s1. The molecule has 2 rings (SSSR count). The number of rotatable bonds is 8.